The SMILES string of the molecule is CN1C=C2C(=C(C3=CCCNC3)C1)NN=C1C=Cc3cc(F)cc2c31. The first-order valence-corrected chi connectivity index (χ1v) is 8.62. The van der Waals surface area contributed by atoms with Crippen LogP contribution in [0.2, 0.25) is 0 Å². The molecule has 1 aromatic carbocycles. The monoisotopic (exact) mass is 334 g/mol. The molecule has 1 aliphatic carbocycles. The van der Waals surface area contributed by atoms with Gasteiger partial charge in [-0.1, -0.05) is 12.2 Å². The molecule has 25 heavy (non-hydrogen) atoms. The van der Waals surface area contributed by atoms with Crippen LogP contribution in [0, 0.1) is 5.82 Å². The largest absolute Gasteiger partial charge is 0.375 e. The molecule has 0 saturated carbocycles. The number of hydrazone groups is 1. The fraction of sp³-hybridized carbons (Fsp3) is 0.250. The summed E-state index contributed by atoms with van der Waals surface area (Å²) >= 11 is 0. The molecule has 2 N–H and O–H groups in total. The van der Waals surface area contributed by atoms with Crippen LogP contribution in [0.25, 0.3) is 11.6 Å². The lowest BCUT2D eigenvalue weighted by atomic mass is 9.88. The van der Waals surface area contributed by atoms with Gasteiger partial charge in [0.25, 0.3) is 0 Å². The number of allylic oxidation sites excluding steroid dienone is 2. The number of nitrogens with one attached hydrogen (secondary N) is 2. The summed E-state index contributed by atoms with van der Waals surface area (Å²) in [6, 6.07) is 3.21. The zero-order chi connectivity index (χ0) is 17.0. The van der Waals surface area contributed by atoms with Gasteiger partial charge < -0.3 is 10.2 Å². The van der Waals surface area contributed by atoms with Crippen LogP contribution in [0.4, 0.5) is 4.39 Å². The first kappa shape index (κ1) is 14.7. The summed E-state index contributed by atoms with van der Waals surface area (Å²) in [6.07, 6.45) is 9.30. The van der Waals surface area contributed by atoms with Crippen molar-refractivity contribution < 1.29 is 4.39 Å². The fourth-order valence-corrected chi connectivity index (χ4v) is 4.01. The van der Waals surface area contributed by atoms with Gasteiger partial charge in [0.1, 0.15) is 5.82 Å². The minimum absolute atomic E-state index is 0.213. The summed E-state index contributed by atoms with van der Waals surface area (Å²) in [7, 11) is 2.06. The van der Waals surface area contributed by atoms with Crippen LogP contribution in [0.1, 0.15) is 23.1 Å². The highest BCUT2D eigenvalue weighted by molar-refractivity contribution is 6.20. The average molecular weight is 334 g/mol. The van der Waals surface area contributed by atoms with Crippen molar-refractivity contribution >= 4 is 17.4 Å². The van der Waals surface area contributed by atoms with Gasteiger partial charge in [0.05, 0.1) is 11.4 Å². The van der Waals surface area contributed by atoms with Crippen molar-refractivity contribution in [1.29, 1.82) is 0 Å². The van der Waals surface area contributed by atoms with Gasteiger partial charge in [0.2, 0.25) is 0 Å². The van der Waals surface area contributed by atoms with E-state index in [9.17, 15) is 4.39 Å². The van der Waals surface area contributed by atoms with Crippen molar-refractivity contribution in [3.05, 3.63) is 69.8 Å². The maximum atomic E-state index is 14.2. The van der Waals surface area contributed by atoms with Gasteiger partial charge in [-0.3, -0.25) is 5.43 Å². The van der Waals surface area contributed by atoms with Crippen molar-refractivity contribution in [2.45, 2.75) is 6.42 Å². The molecular weight excluding hydrogens is 315 g/mol. The number of hydrogen-bond donors (Lipinski definition) is 2. The van der Waals surface area contributed by atoms with E-state index < -0.39 is 0 Å². The molecular formula is C20H19FN4. The Balaban J connectivity index is 1.75. The Morgan fingerprint density at radius 3 is 3.00 bits per heavy atom. The van der Waals surface area contributed by atoms with Crippen LogP contribution in [0.15, 0.2) is 52.4 Å². The minimum Gasteiger partial charge on any atom is -0.375 e. The lowest BCUT2D eigenvalue weighted by molar-refractivity contribution is 0.486. The molecule has 3 aliphatic heterocycles. The lowest BCUT2D eigenvalue weighted by Crippen LogP contribution is -2.30. The molecule has 0 aromatic heterocycles. The topological polar surface area (TPSA) is 39.7 Å². The van der Waals surface area contributed by atoms with Crippen molar-refractivity contribution in [2.24, 2.45) is 5.10 Å². The molecule has 0 bridgehead atoms. The number of hydrogen-bond acceptors (Lipinski definition) is 4. The molecule has 5 rings (SSSR count). The van der Waals surface area contributed by atoms with E-state index in [0.29, 0.717) is 0 Å². The van der Waals surface area contributed by atoms with Crippen LogP contribution in [0.3, 0.4) is 0 Å². The highest BCUT2D eigenvalue weighted by atomic mass is 19.1. The summed E-state index contributed by atoms with van der Waals surface area (Å²) in [5.41, 5.74) is 11.5. The van der Waals surface area contributed by atoms with Gasteiger partial charge in [0, 0.05) is 43.0 Å². The van der Waals surface area contributed by atoms with Crippen molar-refractivity contribution in [3.8, 4) is 0 Å². The molecule has 126 valence electrons. The molecule has 0 atom stereocenters. The minimum atomic E-state index is -0.213. The third-order valence-electron chi connectivity index (χ3n) is 5.13. The number of benzene rings is 1. The van der Waals surface area contributed by atoms with Gasteiger partial charge in [-0.25, -0.2) is 4.39 Å². The Morgan fingerprint density at radius 2 is 2.16 bits per heavy atom. The van der Waals surface area contributed by atoms with E-state index in [4.69, 9.17) is 0 Å². The van der Waals surface area contributed by atoms with Crippen LogP contribution in [-0.2, 0) is 0 Å². The summed E-state index contributed by atoms with van der Waals surface area (Å²) in [5, 5.41) is 8.05. The molecule has 0 amide bonds. The standard InChI is InChI=1S/C20H19FN4/c1-25-10-16(13-3-2-6-22-9-13)20-17(11-25)15-8-14(21)7-12-4-5-18(19(12)15)23-24-20/h3-5,7-8,11,22,24H,2,6,9-10H2,1H3. The Kier molecular flexibility index (Phi) is 3.18. The van der Waals surface area contributed by atoms with Gasteiger partial charge >= 0.3 is 0 Å². The van der Waals surface area contributed by atoms with E-state index in [-0.39, 0.29) is 5.82 Å². The Hall–Kier alpha value is -2.66. The Morgan fingerprint density at radius 1 is 1.24 bits per heavy atom. The number of likely N-dealkylation sites (N-methyl/N-ethyl adjacent to an activating group) is 1. The molecule has 4 aliphatic rings. The predicted molar refractivity (Wildman–Crippen MR) is 98.3 cm³/mol. The van der Waals surface area contributed by atoms with Crippen LogP contribution in [0.5, 0.6) is 0 Å². The summed E-state index contributed by atoms with van der Waals surface area (Å²) in [6.45, 7) is 2.69. The number of nitrogens with zero attached hydrogens (tertiary/aromatic N) is 2. The summed E-state index contributed by atoms with van der Waals surface area (Å²) < 4.78 is 14.2. The van der Waals surface area contributed by atoms with Crippen LogP contribution >= 0.6 is 0 Å². The average Bonchev–Trinajstić information content (AvgIpc) is 2.95. The second kappa shape index (κ2) is 5.43. The first-order chi connectivity index (χ1) is 12.2. The second-order valence-corrected chi connectivity index (χ2v) is 6.87. The third kappa shape index (κ3) is 2.27. The van der Waals surface area contributed by atoms with E-state index >= 15 is 0 Å². The van der Waals surface area contributed by atoms with E-state index in [2.05, 4.69) is 40.1 Å². The first-order valence-electron chi connectivity index (χ1n) is 8.62. The molecule has 0 radical (unpaired) electrons. The third-order valence-corrected chi connectivity index (χ3v) is 5.13. The normalized spacial score (nSPS) is 21.0. The summed E-state index contributed by atoms with van der Waals surface area (Å²) in [4.78, 5) is 2.16. The zero-order valence-corrected chi connectivity index (χ0v) is 14.1. The number of fused-ring (bicyclic) bond motifs is 2. The van der Waals surface area contributed by atoms with Crippen LogP contribution < -0.4 is 10.7 Å². The smallest absolute Gasteiger partial charge is 0.124 e. The fourth-order valence-electron chi connectivity index (χ4n) is 4.01. The van der Waals surface area contributed by atoms with E-state index in [0.717, 1.165) is 59.7 Å². The maximum absolute atomic E-state index is 14.2. The van der Waals surface area contributed by atoms with Crippen LogP contribution in [-0.4, -0.2) is 37.3 Å². The number of rotatable bonds is 1. The highest BCUT2D eigenvalue weighted by Gasteiger charge is 2.30. The zero-order valence-electron chi connectivity index (χ0n) is 14.1. The van der Waals surface area contributed by atoms with E-state index in [1.54, 1.807) is 12.1 Å². The predicted octanol–water partition coefficient (Wildman–Crippen LogP) is 2.62. The Labute approximate surface area is 146 Å². The Bertz CT molecular complexity index is 933. The van der Waals surface area contributed by atoms with E-state index in [1.807, 2.05) is 12.2 Å². The van der Waals surface area contributed by atoms with Gasteiger partial charge in [-0.2, -0.15) is 5.10 Å². The van der Waals surface area contributed by atoms with Gasteiger partial charge in [-0.05, 0) is 47.9 Å². The molecule has 0 unspecified atom stereocenters. The van der Waals surface area contributed by atoms with Gasteiger partial charge in [-0.15, -0.1) is 0 Å². The highest BCUT2D eigenvalue weighted by Crippen LogP contribution is 2.38. The van der Waals surface area contributed by atoms with E-state index in [1.165, 1.54) is 11.1 Å². The van der Waals surface area contributed by atoms with Crippen molar-refractivity contribution in [1.82, 2.24) is 15.6 Å². The molecule has 0 saturated heterocycles. The molecule has 4 nitrogen and oxygen atoms in total. The molecule has 0 spiro atoms. The molecule has 0 fully saturated rings. The molecule has 1 aromatic rings. The maximum Gasteiger partial charge on any atom is 0.124 e. The quantitative estimate of drug-likeness (QED) is 0.829. The molecule has 3 heterocycles. The van der Waals surface area contributed by atoms with Gasteiger partial charge in [0.15, 0.2) is 0 Å². The number of halogens is 1. The van der Waals surface area contributed by atoms with Crippen molar-refractivity contribution in [2.75, 3.05) is 26.7 Å². The summed E-state index contributed by atoms with van der Waals surface area (Å²) in [5.74, 6) is -0.213. The van der Waals surface area contributed by atoms with Crippen molar-refractivity contribution in [3.63, 3.8) is 0 Å². The second-order valence-electron chi connectivity index (χ2n) is 6.87. The molecule has 5 heteroatoms. The lowest BCUT2D eigenvalue weighted by Gasteiger charge is -2.30.